The fraction of sp³-hybridized carbons (Fsp3) is 0.294. The van der Waals surface area contributed by atoms with Gasteiger partial charge in [-0.05, 0) is 29.0 Å². The maximum atomic E-state index is 12.3. The molecule has 0 bridgehead atoms. The van der Waals surface area contributed by atoms with Crippen LogP contribution in [-0.2, 0) is 20.6 Å². The first-order valence-corrected chi connectivity index (χ1v) is 10.8. The van der Waals surface area contributed by atoms with Crippen molar-refractivity contribution in [2.75, 3.05) is 12.8 Å². The van der Waals surface area contributed by atoms with Gasteiger partial charge in [-0.1, -0.05) is 30.3 Å². The SMILES string of the molecule is O=C(O)CCNC(=O)C(Cc1ccc(-c2cccs2)cc1)NCP(=O)(O)O. The summed E-state index contributed by atoms with van der Waals surface area (Å²) in [5.41, 5.74) is 1.85. The Hall–Kier alpha value is -2.03. The van der Waals surface area contributed by atoms with Crippen molar-refractivity contribution in [3.63, 3.8) is 0 Å². The molecule has 2 rings (SSSR count). The Bertz CT molecular complexity index is 803. The van der Waals surface area contributed by atoms with Crippen LogP contribution in [0.3, 0.4) is 0 Å². The molecule has 2 aromatic rings. The molecule has 1 heterocycles. The van der Waals surface area contributed by atoms with E-state index in [4.69, 9.17) is 14.9 Å². The van der Waals surface area contributed by atoms with Crippen LogP contribution in [-0.4, -0.2) is 45.6 Å². The van der Waals surface area contributed by atoms with Crippen LogP contribution in [0.4, 0.5) is 0 Å². The molecule has 0 radical (unpaired) electrons. The number of thiophene rings is 1. The fourth-order valence-corrected chi connectivity index (χ4v) is 3.58. The zero-order valence-electron chi connectivity index (χ0n) is 14.4. The van der Waals surface area contributed by atoms with Gasteiger partial charge in [0.05, 0.1) is 18.7 Å². The number of amides is 1. The minimum Gasteiger partial charge on any atom is -0.481 e. The first-order chi connectivity index (χ1) is 12.7. The Balaban J connectivity index is 2.04. The standard InChI is InChI=1S/C17H21N2O6PS/c20-16(21)7-8-18-17(22)14(19-11-26(23,24)25)10-12-3-5-13(6-4-12)15-2-1-9-27-15/h1-6,9,14,19H,7-8,10-11H2,(H,18,22)(H,20,21)(H2,23,24,25). The van der Waals surface area contributed by atoms with E-state index in [0.717, 1.165) is 16.0 Å². The molecular weight excluding hydrogens is 391 g/mol. The van der Waals surface area contributed by atoms with Gasteiger partial charge in [0, 0.05) is 11.4 Å². The van der Waals surface area contributed by atoms with Crippen molar-refractivity contribution < 1.29 is 29.0 Å². The van der Waals surface area contributed by atoms with Gasteiger partial charge in [0.15, 0.2) is 0 Å². The number of aliphatic carboxylic acids is 1. The third-order valence-corrected chi connectivity index (χ3v) is 5.21. The van der Waals surface area contributed by atoms with E-state index in [-0.39, 0.29) is 19.4 Å². The van der Waals surface area contributed by atoms with Crippen LogP contribution in [0.2, 0.25) is 0 Å². The Labute approximate surface area is 160 Å². The molecule has 146 valence electrons. The third kappa shape index (κ3) is 7.62. The van der Waals surface area contributed by atoms with Crippen LogP contribution in [0, 0.1) is 0 Å². The van der Waals surface area contributed by atoms with Gasteiger partial charge in [0.25, 0.3) is 0 Å². The van der Waals surface area contributed by atoms with E-state index in [2.05, 4.69) is 10.6 Å². The number of carboxylic acids is 1. The quantitative estimate of drug-likeness (QED) is 0.374. The van der Waals surface area contributed by atoms with Crippen molar-refractivity contribution in [3.05, 3.63) is 47.3 Å². The minimum atomic E-state index is -4.33. The summed E-state index contributed by atoms with van der Waals surface area (Å²) in [6.07, 6.45) is -0.659. The van der Waals surface area contributed by atoms with Crippen LogP contribution in [0.15, 0.2) is 41.8 Å². The molecule has 0 fully saturated rings. The van der Waals surface area contributed by atoms with Crippen LogP contribution in [0.5, 0.6) is 0 Å². The first-order valence-electron chi connectivity index (χ1n) is 8.15. The van der Waals surface area contributed by atoms with Crippen LogP contribution in [0.25, 0.3) is 10.4 Å². The molecule has 1 aromatic carbocycles. The van der Waals surface area contributed by atoms with Gasteiger partial charge in [-0.15, -0.1) is 11.3 Å². The zero-order valence-corrected chi connectivity index (χ0v) is 16.1. The van der Waals surface area contributed by atoms with E-state index in [1.165, 1.54) is 0 Å². The Morgan fingerprint density at radius 2 is 1.85 bits per heavy atom. The zero-order chi connectivity index (χ0) is 19.9. The molecule has 8 nitrogen and oxygen atoms in total. The summed E-state index contributed by atoms with van der Waals surface area (Å²) in [6, 6.07) is 10.6. The number of carboxylic acid groups (broad SMARTS) is 1. The van der Waals surface area contributed by atoms with Crippen LogP contribution < -0.4 is 10.6 Å². The van der Waals surface area contributed by atoms with Crippen molar-refractivity contribution in [2.45, 2.75) is 18.9 Å². The topological polar surface area (TPSA) is 136 Å². The Morgan fingerprint density at radius 3 is 2.41 bits per heavy atom. The lowest BCUT2D eigenvalue weighted by Crippen LogP contribution is -2.46. The first kappa shape index (κ1) is 21.3. The summed E-state index contributed by atoms with van der Waals surface area (Å²) in [4.78, 5) is 42.0. The van der Waals surface area contributed by atoms with Gasteiger partial charge in [-0.3, -0.25) is 19.5 Å². The number of hydrogen-bond acceptors (Lipinski definition) is 5. The highest BCUT2D eigenvalue weighted by molar-refractivity contribution is 7.51. The number of hydrogen-bond donors (Lipinski definition) is 5. The highest BCUT2D eigenvalue weighted by Gasteiger charge is 2.22. The van der Waals surface area contributed by atoms with E-state index in [1.54, 1.807) is 11.3 Å². The van der Waals surface area contributed by atoms with Crippen molar-refractivity contribution >= 4 is 30.8 Å². The second-order valence-electron chi connectivity index (χ2n) is 5.89. The molecule has 0 aliphatic carbocycles. The van der Waals surface area contributed by atoms with Gasteiger partial charge in [-0.25, -0.2) is 0 Å². The number of carbonyl (C=O) groups is 2. The molecule has 1 aromatic heterocycles. The Kier molecular flexibility index (Phi) is 7.70. The smallest absolute Gasteiger partial charge is 0.339 e. The van der Waals surface area contributed by atoms with Crippen LogP contribution in [0.1, 0.15) is 12.0 Å². The van der Waals surface area contributed by atoms with E-state index in [0.29, 0.717) is 0 Å². The van der Waals surface area contributed by atoms with Crippen molar-refractivity contribution in [1.29, 1.82) is 0 Å². The number of nitrogens with one attached hydrogen (secondary N) is 2. The molecule has 0 aliphatic rings. The molecule has 10 heteroatoms. The second-order valence-corrected chi connectivity index (χ2v) is 8.49. The van der Waals surface area contributed by atoms with E-state index >= 15 is 0 Å². The molecule has 1 atom stereocenters. The maximum Gasteiger partial charge on any atom is 0.339 e. The van der Waals surface area contributed by atoms with E-state index in [1.807, 2.05) is 41.8 Å². The predicted octanol–water partition coefficient (Wildman–Crippen LogP) is 1.64. The summed E-state index contributed by atoms with van der Waals surface area (Å²) >= 11 is 1.61. The molecule has 1 amide bonds. The van der Waals surface area contributed by atoms with Gasteiger partial charge in [0.2, 0.25) is 5.91 Å². The highest BCUT2D eigenvalue weighted by Crippen LogP contribution is 2.32. The van der Waals surface area contributed by atoms with Gasteiger partial charge >= 0.3 is 13.6 Å². The molecule has 27 heavy (non-hydrogen) atoms. The summed E-state index contributed by atoms with van der Waals surface area (Å²) < 4.78 is 11.1. The summed E-state index contributed by atoms with van der Waals surface area (Å²) in [5, 5.41) is 15.7. The maximum absolute atomic E-state index is 12.3. The van der Waals surface area contributed by atoms with Crippen molar-refractivity contribution in [3.8, 4) is 10.4 Å². The molecular formula is C17H21N2O6PS. The Morgan fingerprint density at radius 1 is 1.15 bits per heavy atom. The molecule has 1 unspecified atom stereocenters. The lowest BCUT2D eigenvalue weighted by molar-refractivity contribution is -0.137. The summed E-state index contributed by atoms with van der Waals surface area (Å²) in [6.45, 7) is -0.0560. The van der Waals surface area contributed by atoms with E-state index in [9.17, 15) is 14.2 Å². The minimum absolute atomic E-state index is 0.0560. The average Bonchev–Trinajstić information content (AvgIpc) is 3.12. The summed E-state index contributed by atoms with van der Waals surface area (Å²) in [7, 11) is -4.33. The number of benzene rings is 1. The second kappa shape index (κ2) is 9.77. The predicted molar refractivity (Wildman–Crippen MR) is 103 cm³/mol. The number of carbonyl (C=O) groups excluding carboxylic acids is 1. The number of rotatable bonds is 10. The summed E-state index contributed by atoms with van der Waals surface area (Å²) in [5.74, 6) is -1.55. The largest absolute Gasteiger partial charge is 0.481 e. The van der Waals surface area contributed by atoms with Gasteiger partial charge in [-0.2, -0.15) is 0 Å². The lowest BCUT2D eigenvalue weighted by Gasteiger charge is -2.19. The van der Waals surface area contributed by atoms with Crippen molar-refractivity contribution in [1.82, 2.24) is 10.6 Å². The van der Waals surface area contributed by atoms with Gasteiger partial charge < -0.3 is 20.2 Å². The lowest BCUT2D eigenvalue weighted by atomic mass is 10.0. The highest BCUT2D eigenvalue weighted by atomic mass is 32.1. The third-order valence-electron chi connectivity index (χ3n) is 3.70. The molecule has 5 N–H and O–H groups in total. The normalized spacial score (nSPS) is 12.5. The van der Waals surface area contributed by atoms with Gasteiger partial charge in [0.1, 0.15) is 0 Å². The molecule has 0 saturated heterocycles. The monoisotopic (exact) mass is 412 g/mol. The molecule has 0 spiro atoms. The molecule has 0 aliphatic heterocycles. The average molecular weight is 412 g/mol. The van der Waals surface area contributed by atoms with E-state index < -0.39 is 31.8 Å². The van der Waals surface area contributed by atoms with Crippen molar-refractivity contribution in [2.24, 2.45) is 0 Å². The van der Waals surface area contributed by atoms with Crippen LogP contribution >= 0.6 is 18.9 Å². The molecule has 0 saturated carbocycles. The fourth-order valence-electron chi connectivity index (χ4n) is 2.39.